The van der Waals surface area contributed by atoms with Gasteiger partial charge in [0.05, 0.1) is 12.1 Å². The summed E-state index contributed by atoms with van der Waals surface area (Å²) in [5.74, 6) is 0.679. The van der Waals surface area contributed by atoms with Gasteiger partial charge in [-0.1, -0.05) is 53.7 Å². The minimum Gasteiger partial charge on any atom is -0.361 e. The van der Waals surface area contributed by atoms with E-state index in [4.69, 9.17) is 4.52 Å². The zero-order valence-electron chi connectivity index (χ0n) is 18.5. The summed E-state index contributed by atoms with van der Waals surface area (Å²) in [5.41, 5.74) is 3.33. The van der Waals surface area contributed by atoms with Gasteiger partial charge < -0.3 is 14.7 Å². The van der Waals surface area contributed by atoms with Gasteiger partial charge in [-0.3, -0.25) is 14.5 Å². The molecule has 1 fully saturated rings. The summed E-state index contributed by atoms with van der Waals surface area (Å²) in [6.07, 6.45) is 0.289. The van der Waals surface area contributed by atoms with Crippen molar-refractivity contribution < 1.29 is 14.1 Å². The predicted molar refractivity (Wildman–Crippen MR) is 122 cm³/mol. The molecule has 2 aromatic carbocycles. The van der Waals surface area contributed by atoms with Crippen LogP contribution >= 0.6 is 0 Å². The number of amides is 2. The first-order chi connectivity index (χ1) is 15.5. The summed E-state index contributed by atoms with van der Waals surface area (Å²) >= 11 is 0. The van der Waals surface area contributed by atoms with Gasteiger partial charge in [0.25, 0.3) is 0 Å². The molecule has 0 aliphatic carbocycles. The first-order valence-corrected chi connectivity index (χ1v) is 10.9. The van der Waals surface area contributed by atoms with E-state index in [0.717, 1.165) is 22.5 Å². The zero-order valence-corrected chi connectivity index (χ0v) is 18.5. The molecule has 0 radical (unpaired) electrons. The normalized spacial score (nSPS) is 15.4. The molecule has 1 unspecified atom stereocenters. The first kappa shape index (κ1) is 21.8. The third-order valence-electron chi connectivity index (χ3n) is 5.95. The summed E-state index contributed by atoms with van der Waals surface area (Å²) < 4.78 is 5.18. The number of aryl methyl sites for hydroxylation is 2. The van der Waals surface area contributed by atoms with E-state index >= 15 is 0 Å². The van der Waals surface area contributed by atoms with Crippen LogP contribution in [0.25, 0.3) is 0 Å². The lowest BCUT2D eigenvalue weighted by Gasteiger charge is -2.38. The third-order valence-corrected chi connectivity index (χ3v) is 5.95. The van der Waals surface area contributed by atoms with E-state index in [1.807, 2.05) is 79.4 Å². The van der Waals surface area contributed by atoms with Crippen molar-refractivity contribution in [3.63, 3.8) is 0 Å². The molecule has 166 valence electrons. The second-order valence-corrected chi connectivity index (χ2v) is 8.06. The molecule has 2 heterocycles. The minimum atomic E-state index is -0.420. The topological polar surface area (TPSA) is 78.7 Å². The Morgan fingerprint density at radius 2 is 1.59 bits per heavy atom. The predicted octanol–water partition coefficient (Wildman–Crippen LogP) is 3.36. The van der Waals surface area contributed by atoms with Crippen molar-refractivity contribution in [2.24, 2.45) is 0 Å². The van der Waals surface area contributed by atoms with Crippen molar-refractivity contribution in [1.82, 2.24) is 15.0 Å². The zero-order chi connectivity index (χ0) is 22.5. The highest BCUT2D eigenvalue weighted by atomic mass is 16.5. The van der Waals surface area contributed by atoms with Crippen LogP contribution in [-0.4, -0.2) is 52.9 Å². The van der Waals surface area contributed by atoms with Gasteiger partial charge in [-0.2, -0.15) is 0 Å². The number of nitrogens with zero attached hydrogens (tertiary/aromatic N) is 3. The van der Waals surface area contributed by atoms with Crippen molar-refractivity contribution in [2.45, 2.75) is 26.3 Å². The van der Waals surface area contributed by atoms with Crippen molar-refractivity contribution in [3.8, 4) is 0 Å². The van der Waals surface area contributed by atoms with Crippen LogP contribution in [-0.2, 0) is 16.0 Å². The Morgan fingerprint density at radius 3 is 2.19 bits per heavy atom. The number of rotatable bonds is 6. The maximum Gasteiger partial charge on any atom is 0.246 e. The summed E-state index contributed by atoms with van der Waals surface area (Å²) in [6, 6.07) is 18.8. The molecule has 7 heteroatoms. The van der Waals surface area contributed by atoms with Crippen LogP contribution in [0.5, 0.6) is 0 Å². The van der Waals surface area contributed by atoms with Crippen molar-refractivity contribution >= 4 is 17.5 Å². The van der Waals surface area contributed by atoms with Crippen LogP contribution in [0.15, 0.2) is 65.2 Å². The van der Waals surface area contributed by atoms with Gasteiger partial charge in [0, 0.05) is 37.4 Å². The molecule has 32 heavy (non-hydrogen) atoms. The molecule has 1 saturated heterocycles. The number of nitrogens with one attached hydrogen (secondary N) is 1. The molecule has 1 aliphatic heterocycles. The van der Waals surface area contributed by atoms with Crippen LogP contribution in [0, 0.1) is 13.8 Å². The van der Waals surface area contributed by atoms with Gasteiger partial charge in [-0.25, -0.2) is 0 Å². The maximum atomic E-state index is 13.3. The van der Waals surface area contributed by atoms with E-state index in [1.165, 1.54) is 0 Å². The fourth-order valence-corrected chi connectivity index (χ4v) is 4.14. The highest BCUT2D eigenvalue weighted by molar-refractivity contribution is 5.95. The van der Waals surface area contributed by atoms with Gasteiger partial charge in [0.1, 0.15) is 11.8 Å². The van der Waals surface area contributed by atoms with Crippen LogP contribution in [0.1, 0.15) is 28.6 Å². The lowest BCUT2D eigenvalue weighted by atomic mass is 10.0. The Labute approximate surface area is 188 Å². The molecule has 4 rings (SSSR count). The van der Waals surface area contributed by atoms with E-state index in [9.17, 15) is 9.59 Å². The SMILES string of the molecule is Cc1noc(C)c1CC(=O)N1CCN(C(C(=O)Nc2ccccc2)c2ccccc2)CC1. The quantitative estimate of drug-likeness (QED) is 0.646. The lowest BCUT2D eigenvalue weighted by Crippen LogP contribution is -2.52. The highest BCUT2D eigenvalue weighted by Crippen LogP contribution is 2.25. The molecule has 3 aromatic rings. The van der Waals surface area contributed by atoms with E-state index in [2.05, 4.69) is 15.4 Å². The number of carbonyl (C=O) groups excluding carboxylic acids is 2. The Bertz CT molecular complexity index is 1040. The fourth-order valence-electron chi connectivity index (χ4n) is 4.14. The summed E-state index contributed by atoms with van der Waals surface area (Å²) in [4.78, 5) is 30.1. The van der Waals surface area contributed by atoms with Gasteiger partial charge >= 0.3 is 0 Å². The molecular weight excluding hydrogens is 404 g/mol. The van der Waals surface area contributed by atoms with Crippen LogP contribution < -0.4 is 5.32 Å². The lowest BCUT2D eigenvalue weighted by molar-refractivity contribution is -0.133. The maximum absolute atomic E-state index is 13.3. The van der Waals surface area contributed by atoms with Gasteiger partial charge in [-0.15, -0.1) is 0 Å². The smallest absolute Gasteiger partial charge is 0.246 e. The molecule has 0 saturated carbocycles. The number of aromatic nitrogens is 1. The number of hydrogen-bond acceptors (Lipinski definition) is 5. The average Bonchev–Trinajstić information content (AvgIpc) is 3.13. The first-order valence-electron chi connectivity index (χ1n) is 10.9. The summed E-state index contributed by atoms with van der Waals surface area (Å²) in [7, 11) is 0. The molecule has 0 spiro atoms. The molecule has 1 aliphatic rings. The standard InChI is InChI=1S/C25H28N4O3/c1-18-22(19(2)32-27-18)17-23(30)28-13-15-29(16-14-28)24(20-9-5-3-6-10-20)25(31)26-21-11-7-4-8-12-21/h3-12,24H,13-17H2,1-2H3,(H,26,31). The van der Waals surface area contributed by atoms with Crippen molar-refractivity contribution in [2.75, 3.05) is 31.5 Å². The Morgan fingerprint density at radius 1 is 0.969 bits per heavy atom. The molecule has 2 amide bonds. The molecule has 1 atom stereocenters. The number of para-hydroxylation sites is 1. The van der Waals surface area contributed by atoms with Crippen LogP contribution in [0.4, 0.5) is 5.69 Å². The van der Waals surface area contributed by atoms with Gasteiger partial charge in [0.15, 0.2) is 0 Å². The van der Waals surface area contributed by atoms with E-state index in [1.54, 1.807) is 0 Å². The second kappa shape index (κ2) is 9.78. The fraction of sp³-hybridized carbons (Fsp3) is 0.320. The number of carbonyl (C=O) groups is 2. The highest BCUT2D eigenvalue weighted by Gasteiger charge is 2.32. The molecule has 1 aromatic heterocycles. The second-order valence-electron chi connectivity index (χ2n) is 8.06. The van der Waals surface area contributed by atoms with Crippen molar-refractivity contribution in [1.29, 1.82) is 0 Å². The average molecular weight is 433 g/mol. The van der Waals surface area contributed by atoms with Gasteiger partial charge in [0.2, 0.25) is 11.8 Å². The monoisotopic (exact) mass is 432 g/mol. The van der Waals surface area contributed by atoms with E-state index in [0.29, 0.717) is 31.9 Å². The number of piperazine rings is 1. The largest absolute Gasteiger partial charge is 0.361 e. The van der Waals surface area contributed by atoms with Crippen LogP contribution in [0.2, 0.25) is 0 Å². The minimum absolute atomic E-state index is 0.0593. The number of hydrogen-bond donors (Lipinski definition) is 1. The summed E-state index contributed by atoms with van der Waals surface area (Å²) in [6.45, 7) is 6.07. The molecule has 0 bridgehead atoms. The third kappa shape index (κ3) is 4.89. The number of benzene rings is 2. The van der Waals surface area contributed by atoms with Gasteiger partial charge in [-0.05, 0) is 31.5 Å². The summed E-state index contributed by atoms with van der Waals surface area (Å²) in [5, 5.41) is 6.97. The molecule has 1 N–H and O–H groups in total. The molecule has 7 nitrogen and oxygen atoms in total. The van der Waals surface area contributed by atoms with Crippen LogP contribution in [0.3, 0.4) is 0 Å². The Kier molecular flexibility index (Phi) is 6.66. The van der Waals surface area contributed by atoms with E-state index < -0.39 is 6.04 Å². The Balaban J connectivity index is 1.44. The van der Waals surface area contributed by atoms with Crippen molar-refractivity contribution in [3.05, 3.63) is 83.2 Å². The molecular formula is C25H28N4O3. The van der Waals surface area contributed by atoms with E-state index in [-0.39, 0.29) is 18.2 Å². The Hall–Kier alpha value is -3.45. The number of anilines is 1.